The maximum atomic E-state index is 12.4. The van der Waals surface area contributed by atoms with E-state index in [1.165, 1.54) is 28.7 Å². The number of nitrogens with two attached hydrogens (primary N) is 1. The van der Waals surface area contributed by atoms with Crippen molar-refractivity contribution in [1.29, 1.82) is 0 Å². The van der Waals surface area contributed by atoms with Gasteiger partial charge in [0, 0.05) is 16.9 Å². The Hall–Kier alpha value is -2.91. The van der Waals surface area contributed by atoms with Crippen LogP contribution >= 0.6 is 23.1 Å². The smallest absolute Gasteiger partial charge is 0.248 e. The Labute approximate surface area is 170 Å². The van der Waals surface area contributed by atoms with E-state index in [-0.39, 0.29) is 11.2 Å². The lowest BCUT2D eigenvalue weighted by molar-refractivity contribution is -0.115. The molecular formula is C19H19N5O2S2. The Kier molecular flexibility index (Phi) is 6.27. The monoisotopic (exact) mass is 413 g/mol. The third-order valence-corrected chi connectivity index (χ3v) is 5.82. The number of nitrogens with zero attached hydrogens (tertiary/aromatic N) is 2. The van der Waals surface area contributed by atoms with Gasteiger partial charge in [-0.1, -0.05) is 40.8 Å². The molecule has 1 heterocycles. The molecule has 0 saturated carbocycles. The van der Waals surface area contributed by atoms with Crippen molar-refractivity contribution in [2.24, 2.45) is 5.73 Å². The normalized spacial score (nSPS) is 11.6. The third kappa shape index (κ3) is 5.30. The van der Waals surface area contributed by atoms with Crippen LogP contribution in [0.25, 0.3) is 0 Å². The minimum atomic E-state index is -0.506. The van der Waals surface area contributed by atoms with Crippen LogP contribution in [-0.2, 0) is 4.79 Å². The molecule has 0 bridgehead atoms. The number of thioether (sulfide) groups is 1. The van der Waals surface area contributed by atoms with Gasteiger partial charge < -0.3 is 16.4 Å². The van der Waals surface area contributed by atoms with Crippen molar-refractivity contribution in [3.8, 4) is 0 Å². The second-order valence-electron chi connectivity index (χ2n) is 6.06. The van der Waals surface area contributed by atoms with E-state index in [4.69, 9.17) is 5.73 Å². The Morgan fingerprint density at radius 2 is 1.68 bits per heavy atom. The highest BCUT2D eigenvalue weighted by Crippen LogP contribution is 2.31. The largest absolute Gasteiger partial charge is 0.366 e. The SMILES string of the molecule is Cc1ccc(Nc2nnc(S[C@@H](C)C(=O)Nc3ccc(C(N)=O)cc3)s2)cc1. The Morgan fingerprint density at radius 1 is 1.04 bits per heavy atom. The van der Waals surface area contributed by atoms with Gasteiger partial charge in [-0.15, -0.1) is 10.2 Å². The number of hydrogen-bond donors (Lipinski definition) is 3. The molecule has 0 aliphatic heterocycles. The van der Waals surface area contributed by atoms with Gasteiger partial charge in [0.05, 0.1) is 5.25 Å². The molecule has 2 aromatic carbocycles. The number of rotatable bonds is 7. The van der Waals surface area contributed by atoms with Gasteiger partial charge in [0.25, 0.3) is 0 Å². The van der Waals surface area contributed by atoms with Gasteiger partial charge in [0.1, 0.15) is 0 Å². The lowest BCUT2D eigenvalue weighted by atomic mass is 10.2. The number of anilines is 3. The quantitative estimate of drug-likeness (QED) is 0.508. The predicted molar refractivity (Wildman–Crippen MR) is 113 cm³/mol. The second-order valence-corrected chi connectivity index (χ2v) is 8.62. The first-order chi connectivity index (χ1) is 13.4. The summed E-state index contributed by atoms with van der Waals surface area (Å²) >= 11 is 2.72. The molecule has 9 heteroatoms. The van der Waals surface area contributed by atoms with Crippen LogP contribution in [0, 0.1) is 6.92 Å². The molecule has 28 heavy (non-hydrogen) atoms. The fourth-order valence-corrected chi connectivity index (χ4v) is 4.15. The van der Waals surface area contributed by atoms with Crippen molar-refractivity contribution in [3.63, 3.8) is 0 Å². The number of benzene rings is 2. The number of hydrogen-bond acceptors (Lipinski definition) is 7. The number of aryl methyl sites for hydroxylation is 1. The molecule has 0 unspecified atom stereocenters. The van der Waals surface area contributed by atoms with E-state index in [2.05, 4.69) is 20.8 Å². The topological polar surface area (TPSA) is 110 Å². The average molecular weight is 414 g/mol. The van der Waals surface area contributed by atoms with Crippen LogP contribution in [0.5, 0.6) is 0 Å². The van der Waals surface area contributed by atoms with Gasteiger partial charge in [-0.05, 0) is 50.2 Å². The first-order valence-corrected chi connectivity index (χ1v) is 10.1. The summed E-state index contributed by atoms with van der Waals surface area (Å²) in [6.07, 6.45) is 0. The number of nitrogens with one attached hydrogen (secondary N) is 2. The van der Waals surface area contributed by atoms with Crippen molar-refractivity contribution >= 4 is 51.4 Å². The minimum Gasteiger partial charge on any atom is -0.366 e. The number of amides is 2. The van der Waals surface area contributed by atoms with Crippen molar-refractivity contribution in [2.45, 2.75) is 23.4 Å². The molecule has 3 rings (SSSR count). The maximum absolute atomic E-state index is 12.4. The van der Waals surface area contributed by atoms with E-state index in [1.807, 2.05) is 31.2 Å². The summed E-state index contributed by atoms with van der Waals surface area (Å²) in [5.74, 6) is -0.673. The number of carbonyl (C=O) groups excluding carboxylic acids is 2. The van der Waals surface area contributed by atoms with E-state index in [1.54, 1.807) is 31.2 Å². The van der Waals surface area contributed by atoms with Crippen molar-refractivity contribution in [1.82, 2.24) is 10.2 Å². The summed E-state index contributed by atoms with van der Waals surface area (Å²) < 4.78 is 0.696. The molecule has 0 aliphatic rings. The Balaban J connectivity index is 1.55. The van der Waals surface area contributed by atoms with Crippen LogP contribution in [0.1, 0.15) is 22.8 Å². The molecule has 144 valence electrons. The van der Waals surface area contributed by atoms with Crippen molar-refractivity contribution < 1.29 is 9.59 Å². The molecule has 1 aromatic heterocycles. The van der Waals surface area contributed by atoms with E-state index in [0.29, 0.717) is 20.7 Å². The zero-order chi connectivity index (χ0) is 20.1. The fraction of sp³-hybridized carbons (Fsp3) is 0.158. The van der Waals surface area contributed by atoms with E-state index < -0.39 is 5.91 Å². The summed E-state index contributed by atoms with van der Waals surface area (Å²) in [5, 5.41) is 14.6. The molecule has 1 atom stereocenters. The van der Waals surface area contributed by atoms with Crippen LogP contribution in [-0.4, -0.2) is 27.3 Å². The fourth-order valence-electron chi connectivity index (χ4n) is 2.23. The van der Waals surface area contributed by atoms with Crippen LogP contribution in [0.15, 0.2) is 52.9 Å². The molecule has 0 saturated heterocycles. The van der Waals surface area contributed by atoms with Crippen molar-refractivity contribution in [3.05, 3.63) is 59.7 Å². The first-order valence-electron chi connectivity index (χ1n) is 8.45. The van der Waals surface area contributed by atoms with Crippen molar-refractivity contribution in [2.75, 3.05) is 10.6 Å². The van der Waals surface area contributed by atoms with Gasteiger partial charge in [0.15, 0.2) is 4.34 Å². The predicted octanol–water partition coefficient (Wildman–Crippen LogP) is 3.81. The van der Waals surface area contributed by atoms with Gasteiger partial charge in [-0.3, -0.25) is 9.59 Å². The van der Waals surface area contributed by atoms with E-state index >= 15 is 0 Å². The molecule has 3 aromatic rings. The van der Waals surface area contributed by atoms with E-state index in [9.17, 15) is 9.59 Å². The second kappa shape index (κ2) is 8.85. The average Bonchev–Trinajstić information content (AvgIpc) is 3.10. The Morgan fingerprint density at radius 3 is 2.32 bits per heavy atom. The summed E-state index contributed by atoms with van der Waals surface area (Å²) in [7, 11) is 0. The zero-order valence-electron chi connectivity index (χ0n) is 15.3. The zero-order valence-corrected chi connectivity index (χ0v) is 16.9. The number of aromatic nitrogens is 2. The standard InChI is InChI=1S/C19H19N5O2S2/c1-11-3-7-15(8-4-11)22-18-23-24-19(28-18)27-12(2)17(26)21-14-9-5-13(6-10-14)16(20)25/h3-10,12H,1-2H3,(H2,20,25)(H,21,26)(H,22,23)/t12-/m0/s1. The van der Waals surface area contributed by atoms with Gasteiger partial charge in [-0.2, -0.15) is 0 Å². The molecular weight excluding hydrogens is 394 g/mol. The molecule has 7 nitrogen and oxygen atoms in total. The molecule has 4 N–H and O–H groups in total. The number of primary amides is 1. The highest BCUT2D eigenvalue weighted by Gasteiger charge is 2.17. The van der Waals surface area contributed by atoms with Crippen LogP contribution in [0.4, 0.5) is 16.5 Å². The molecule has 0 radical (unpaired) electrons. The highest BCUT2D eigenvalue weighted by molar-refractivity contribution is 8.02. The van der Waals surface area contributed by atoms with Gasteiger partial charge in [-0.25, -0.2) is 0 Å². The molecule has 0 fully saturated rings. The molecule has 0 spiro atoms. The Bertz CT molecular complexity index is 971. The highest BCUT2D eigenvalue weighted by atomic mass is 32.2. The minimum absolute atomic E-state index is 0.167. The lowest BCUT2D eigenvalue weighted by Gasteiger charge is -2.10. The maximum Gasteiger partial charge on any atom is 0.248 e. The summed E-state index contributed by atoms with van der Waals surface area (Å²) in [6.45, 7) is 3.83. The van der Waals surface area contributed by atoms with E-state index in [0.717, 1.165) is 5.69 Å². The van der Waals surface area contributed by atoms with Gasteiger partial charge >= 0.3 is 0 Å². The third-order valence-electron chi connectivity index (χ3n) is 3.79. The lowest BCUT2D eigenvalue weighted by Crippen LogP contribution is -2.22. The molecule has 0 aliphatic carbocycles. The summed E-state index contributed by atoms with van der Waals surface area (Å²) in [4.78, 5) is 23.5. The number of carbonyl (C=O) groups is 2. The summed E-state index contributed by atoms with van der Waals surface area (Å²) in [5.41, 5.74) is 8.32. The van der Waals surface area contributed by atoms with Gasteiger partial charge in [0.2, 0.25) is 16.9 Å². The van der Waals surface area contributed by atoms with Crippen LogP contribution in [0.3, 0.4) is 0 Å². The van der Waals surface area contributed by atoms with Crippen LogP contribution < -0.4 is 16.4 Å². The van der Waals surface area contributed by atoms with Crippen LogP contribution in [0.2, 0.25) is 0 Å². The first kappa shape index (κ1) is 19.8. The summed E-state index contributed by atoms with van der Waals surface area (Å²) in [6, 6.07) is 14.4. The molecule has 2 amide bonds.